The van der Waals surface area contributed by atoms with Crippen molar-refractivity contribution in [3.8, 4) is 0 Å². The van der Waals surface area contributed by atoms with Crippen LogP contribution in [0.25, 0.3) is 11.1 Å². The second kappa shape index (κ2) is 7.09. The minimum Gasteiger partial charge on any atom is -0.465 e. The molecule has 1 aliphatic heterocycles. The summed E-state index contributed by atoms with van der Waals surface area (Å²) >= 11 is 5.95. The Kier molecular flexibility index (Phi) is 4.66. The van der Waals surface area contributed by atoms with Crippen LogP contribution < -0.4 is 0 Å². The molecule has 0 saturated carbocycles. The van der Waals surface area contributed by atoms with Gasteiger partial charge >= 0.3 is 5.97 Å². The average Bonchev–Trinajstić information content (AvgIpc) is 3.29. The third kappa shape index (κ3) is 3.32. The molecule has 134 valence electrons. The third-order valence-corrected chi connectivity index (χ3v) is 5.03. The number of ether oxygens (including phenoxy) is 1. The Morgan fingerprint density at radius 3 is 2.88 bits per heavy atom. The summed E-state index contributed by atoms with van der Waals surface area (Å²) in [6.45, 7) is 2.74. The second-order valence-electron chi connectivity index (χ2n) is 6.54. The summed E-state index contributed by atoms with van der Waals surface area (Å²) in [4.78, 5) is 18.9. The zero-order chi connectivity index (χ0) is 18.1. The van der Waals surface area contributed by atoms with Crippen molar-refractivity contribution in [1.29, 1.82) is 0 Å². The molecule has 0 amide bonds. The number of hydrogen-bond acceptors (Lipinski definition) is 5. The lowest BCUT2D eigenvalue weighted by Gasteiger charge is -2.15. The van der Waals surface area contributed by atoms with Crippen LogP contribution in [0.5, 0.6) is 0 Å². The zero-order valence-corrected chi connectivity index (χ0v) is 15.2. The van der Waals surface area contributed by atoms with E-state index in [0.29, 0.717) is 22.6 Å². The maximum atomic E-state index is 11.9. The fourth-order valence-electron chi connectivity index (χ4n) is 3.44. The predicted octanol–water partition coefficient (Wildman–Crippen LogP) is 4.26. The highest BCUT2D eigenvalue weighted by Crippen LogP contribution is 2.31. The van der Waals surface area contributed by atoms with Crippen molar-refractivity contribution in [2.75, 3.05) is 20.2 Å². The molecular weight excluding hydrogens is 352 g/mol. The number of likely N-dealkylation sites (tertiary alicyclic amines) is 1. The Balaban J connectivity index is 1.51. The molecule has 2 aromatic carbocycles. The van der Waals surface area contributed by atoms with Gasteiger partial charge in [0.05, 0.1) is 7.11 Å². The number of esters is 1. The Morgan fingerprint density at radius 1 is 1.31 bits per heavy atom. The van der Waals surface area contributed by atoms with Crippen LogP contribution in [-0.2, 0) is 11.3 Å². The van der Waals surface area contributed by atoms with Gasteiger partial charge in [-0.2, -0.15) is 0 Å². The number of hydrogen-bond donors (Lipinski definition) is 0. The number of benzene rings is 2. The van der Waals surface area contributed by atoms with E-state index in [9.17, 15) is 4.79 Å². The molecular formula is C20H19ClN2O3. The van der Waals surface area contributed by atoms with Crippen LogP contribution in [-0.4, -0.2) is 36.1 Å². The van der Waals surface area contributed by atoms with E-state index in [4.69, 9.17) is 20.8 Å². The Hall–Kier alpha value is -2.37. The molecule has 26 heavy (non-hydrogen) atoms. The minimum absolute atomic E-state index is 0.222. The number of nitrogens with zero attached hydrogens (tertiary/aromatic N) is 2. The molecule has 1 aliphatic rings. The van der Waals surface area contributed by atoms with Crippen molar-refractivity contribution in [2.24, 2.45) is 0 Å². The van der Waals surface area contributed by atoms with Gasteiger partial charge in [-0.3, -0.25) is 4.90 Å². The monoisotopic (exact) mass is 370 g/mol. The Labute approximate surface area is 156 Å². The quantitative estimate of drug-likeness (QED) is 0.642. The van der Waals surface area contributed by atoms with Crippen molar-refractivity contribution in [3.63, 3.8) is 0 Å². The summed E-state index contributed by atoms with van der Waals surface area (Å²) < 4.78 is 10.8. The van der Waals surface area contributed by atoms with Crippen molar-refractivity contribution in [3.05, 3.63) is 64.5 Å². The Morgan fingerprint density at radius 2 is 2.12 bits per heavy atom. The van der Waals surface area contributed by atoms with E-state index in [0.717, 1.165) is 31.1 Å². The van der Waals surface area contributed by atoms with Gasteiger partial charge in [0, 0.05) is 24.0 Å². The van der Waals surface area contributed by atoms with E-state index in [1.807, 2.05) is 18.2 Å². The Bertz CT molecular complexity index is 936. The maximum Gasteiger partial charge on any atom is 0.341 e. The third-order valence-electron chi connectivity index (χ3n) is 4.78. The number of aromatic nitrogens is 1. The van der Waals surface area contributed by atoms with Gasteiger partial charge < -0.3 is 9.15 Å². The fourth-order valence-corrected chi connectivity index (χ4v) is 3.56. The van der Waals surface area contributed by atoms with E-state index in [2.05, 4.69) is 22.0 Å². The molecule has 1 saturated heterocycles. The molecule has 1 atom stereocenters. The number of para-hydroxylation sites is 1. The largest absolute Gasteiger partial charge is 0.465 e. The average molecular weight is 371 g/mol. The molecule has 2 heterocycles. The van der Waals surface area contributed by atoms with E-state index in [1.165, 1.54) is 12.7 Å². The summed E-state index contributed by atoms with van der Waals surface area (Å²) in [5.41, 5.74) is 2.85. The molecule has 4 rings (SSSR count). The van der Waals surface area contributed by atoms with Gasteiger partial charge in [0.15, 0.2) is 11.5 Å². The molecule has 0 bridgehead atoms. The lowest BCUT2D eigenvalue weighted by atomic mass is 10.1. The molecule has 5 nitrogen and oxygen atoms in total. The number of carbonyl (C=O) groups is 1. The van der Waals surface area contributed by atoms with Gasteiger partial charge in [0.1, 0.15) is 11.1 Å². The highest BCUT2D eigenvalue weighted by molar-refractivity contribution is 6.30. The molecule has 0 spiro atoms. The van der Waals surface area contributed by atoms with Crippen LogP contribution >= 0.6 is 11.6 Å². The summed E-state index contributed by atoms with van der Waals surface area (Å²) in [6, 6.07) is 13.3. The number of rotatable bonds is 4. The smallest absolute Gasteiger partial charge is 0.341 e. The first kappa shape index (κ1) is 17.1. The normalized spacial score (nSPS) is 17.7. The number of halogens is 1. The van der Waals surface area contributed by atoms with Crippen LogP contribution in [0.15, 0.2) is 46.9 Å². The van der Waals surface area contributed by atoms with Gasteiger partial charge in [-0.05, 0) is 42.8 Å². The number of carbonyl (C=O) groups excluding carboxylic acids is 1. The summed E-state index contributed by atoms with van der Waals surface area (Å²) in [7, 11) is 1.37. The van der Waals surface area contributed by atoms with Gasteiger partial charge in [-0.15, -0.1) is 0 Å². The fraction of sp³-hybridized carbons (Fsp3) is 0.300. The summed E-state index contributed by atoms with van der Waals surface area (Å²) in [5.74, 6) is 0.504. The summed E-state index contributed by atoms with van der Waals surface area (Å²) in [6.07, 6.45) is 0.980. The maximum absolute atomic E-state index is 11.9. The lowest BCUT2D eigenvalue weighted by Crippen LogP contribution is -2.19. The van der Waals surface area contributed by atoms with E-state index < -0.39 is 5.97 Å². The van der Waals surface area contributed by atoms with E-state index >= 15 is 0 Å². The van der Waals surface area contributed by atoms with Crippen molar-refractivity contribution >= 4 is 28.7 Å². The van der Waals surface area contributed by atoms with Gasteiger partial charge in [0.2, 0.25) is 0 Å². The minimum atomic E-state index is -0.408. The van der Waals surface area contributed by atoms with Crippen molar-refractivity contribution in [2.45, 2.75) is 18.9 Å². The molecule has 6 heteroatoms. The molecule has 0 radical (unpaired) electrons. The van der Waals surface area contributed by atoms with Gasteiger partial charge in [-0.1, -0.05) is 29.8 Å². The van der Waals surface area contributed by atoms with Gasteiger partial charge in [-0.25, -0.2) is 9.78 Å². The topological polar surface area (TPSA) is 55.6 Å². The second-order valence-corrected chi connectivity index (χ2v) is 6.98. The first-order chi connectivity index (χ1) is 12.6. The van der Waals surface area contributed by atoms with Crippen LogP contribution in [0.3, 0.4) is 0 Å². The van der Waals surface area contributed by atoms with Gasteiger partial charge in [0.25, 0.3) is 0 Å². The number of methoxy groups -OCH3 is 1. The highest BCUT2D eigenvalue weighted by atomic mass is 35.5. The molecule has 0 aliphatic carbocycles. The number of oxazole rings is 1. The molecule has 1 fully saturated rings. The van der Waals surface area contributed by atoms with E-state index in [-0.39, 0.29) is 5.92 Å². The molecule has 1 aromatic heterocycles. The zero-order valence-electron chi connectivity index (χ0n) is 14.4. The van der Waals surface area contributed by atoms with Crippen LogP contribution in [0, 0.1) is 0 Å². The first-order valence-corrected chi connectivity index (χ1v) is 8.96. The van der Waals surface area contributed by atoms with Crippen LogP contribution in [0.2, 0.25) is 5.02 Å². The van der Waals surface area contributed by atoms with Crippen molar-refractivity contribution in [1.82, 2.24) is 9.88 Å². The standard InChI is InChI=1S/C20H19ClN2O3/c1-25-20(24)16-3-2-4-17-18(16)26-19(22-17)14-9-10-23(12-14)11-13-5-7-15(21)8-6-13/h2-8,14H,9-12H2,1H3/t14-/m0/s1. The summed E-state index contributed by atoms with van der Waals surface area (Å²) in [5, 5.41) is 0.751. The van der Waals surface area contributed by atoms with Crippen LogP contribution in [0.4, 0.5) is 0 Å². The molecule has 0 N–H and O–H groups in total. The SMILES string of the molecule is COC(=O)c1cccc2nc([C@H]3CCN(Cc4ccc(Cl)cc4)C3)oc12. The van der Waals surface area contributed by atoms with Crippen LogP contribution in [0.1, 0.15) is 34.2 Å². The van der Waals surface area contributed by atoms with E-state index in [1.54, 1.807) is 12.1 Å². The number of fused-ring (bicyclic) bond motifs is 1. The first-order valence-electron chi connectivity index (χ1n) is 8.58. The lowest BCUT2D eigenvalue weighted by molar-refractivity contribution is 0.0601. The predicted molar refractivity (Wildman–Crippen MR) is 99.4 cm³/mol. The molecule has 0 unspecified atom stereocenters. The highest BCUT2D eigenvalue weighted by Gasteiger charge is 2.28. The molecule has 3 aromatic rings. The van der Waals surface area contributed by atoms with Crippen molar-refractivity contribution < 1.29 is 13.9 Å².